The van der Waals surface area contributed by atoms with E-state index >= 15 is 0 Å². The molecule has 0 fully saturated rings. The smallest absolute Gasteiger partial charge is 0.191 e. The molecule has 0 rings (SSSR count). The van der Waals surface area contributed by atoms with Crippen LogP contribution in [0, 0.1) is 0 Å². The molecule has 6 heteroatoms. The number of halogens is 1. The molecule has 0 aromatic rings. The van der Waals surface area contributed by atoms with Gasteiger partial charge in [-0.2, -0.15) is 0 Å². The van der Waals surface area contributed by atoms with Crippen LogP contribution in [0.25, 0.3) is 0 Å². The summed E-state index contributed by atoms with van der Waals surface area (Å²) in [7, 11) is 3.51. The van der Waals surface area contributed by atoms with E-state index in [4.69, 9.17) is 4.74 Å². The van der Waals surface area contributed by atoms with Gasteiger partial charge in [0.1, 0.15) is 0 Å². The number of rotatable bonds is 9. The lowest BCUT2D eigenvalue weighted by molar-refractivity contribution is 0.0268. The van der Waals surface area contributed by atoms with E-state index < -0.39 is 0 Å². The maximum Gasteiger partial charge on any atom is 0.191 e. The normalized spacial score (nSPS) is 12.2. The Balaban J connectivity index is 0. The van der Waals surface area contributed by atoms with E-state index in [2.05, 4.69) is 34.4 Å². The molecule has 20 heavy (non-hydrogen) atoms. The van der Waals surface area contributed by atoms with Gasteiger partial charge in [-0.05, 0) is 33.4 Å². The molecule has 0 unspecified atom stereocenters. The van der Waals surface area contributed by atoms with Crippen molar-refractivity contribution in [1.82, 2.24) is 15.5 Å². The first-order valence-electron chi connectivity index (χ1n) is 7.21. The van der Waals surface area contributed by atoms with E-state index in [1.807, 2.05) is 13.8 Å². The average Bonchev–Trinajstić information content (AvgIpc) is 2.41. The van der Waals surface area contributed by atoms with Crippen LogP contribution in [0.15, 0.2) is 4.99 Å². The van der Waals surface area contributed by atoms with E-state index in [1.54, 1.807) is 14.2 Å². The minimum absolute atomic E-state index is 0. The van der Waals surface area contributed by atoms with Crippen molar-refractivity contribution in [3.05, 3.63) is 0 Å². The van der Waals surface area contributed by atoms with Crippen LogP contribution >= 0.6 is 24.0 Å². The molecule has 0 aliphatic carbocycles. The van der Waals surface area contributed by atoms with E-state index in [-0.39, 0.29) is 29.6 Å². The van der Waals surface area contributed by atoms with Gasteiger partial charge in [-0.1, -0.05) is 13.8 Å². The second-order valence-electron chi connectivity index (χ2n) is 5.25. The van der Waals surface area contributed by atoms with E-state index in [0.29, 0.717) is 0 Å². The van der Waals surface area contributed by atoms with Gasteiger partial charge in [0.25, 0.3) is 0 Å². The van der Waals surface area contributed by atoms with Crippen molar-refractivity contribution in [3.63, 3.8) is 0 Å². The van der Waals surface area contributed by atoms with Crippen LogP contribution in [0.4, 0.5) is 0 Å². The third-order valence-electron chi connectivity index (χ3n) is 3.17. The second kappa shape index (κ2) is 12.6. The topological polar surface area (TPSA) is 48.9 Å². The van der Waals surface area contributed by atoms with Crippen molar-refractivity contribution in [1.29, 1.82) is 0 Å². The highest BCUT2D eigenvalue weighted by Gasteiger charge is 2.16. The van der Waals surface area contributed by atoms with Gasteiger partial charge in [0.15, 0.2) is 5.96 Å². The Labute approximate surface area is 141 Å². The molecule has 0 saturated carbocycles. The summed E-state index contributed by atoms with van der Waals surface area (Å²) >= 11 is 0. The van der Waals surface area contributed by atoms with Gasteiger partial charge in [0, 0.05) is 33.8 Å². The summed E-state index contributed by atoms with van der Waals surface area (Å²) < 4.78 is 5.37. The van der Waals surface area contributed by atoms with Crippen LogP contribution < -0.4 is 10.6 Å². The molecular formula is C14H33IN4O. The molecule has 0 radical (unpaired) electrons. The molecule has 2 N–H and O–H groups in total. The number of guanidine groups is 1. The first kappa shape index (κ1) is 22.2. The van der Waals surface area contributed by atoms with Gasteiger partial charge in [-0.3, -0.25) is 4.99 Å². The van der Waals surface area contributed by atoms with Crippen LogP contribution in [0.5, 0.6) is 0 Å². The van der Waals surface area contributed by atoms with Crippen molar-refractivity contribution >= 4 is 29.9 Å². The second-order valence-corrected chi connectivity index (χ2v) is 5.25. The zero-order chi connectivity index (χ0) is 14.7. The quantitative estimate of drug-likeness (QED) is 0.353. The Hall–Kier alpha value is -0.0800. The summed E-state index contributed by atoms with van der Waals surface area (Å²) in [5, 5.41) is 6.61. The fraction of sp³-hybridized carbons (Fsp3) is 0.929. The van der Waals surface area contributed by atoms with Gasteiger partial charge in [0.05, 0.1) is 5.60 Å². The lowest BCUT2D eigenvalue weighted by Crippen LogP contribution is -2.47. The molecule has 0 heterocycles. The van der Waals surface area contributed by atoms with Gasteiger partial charge < -0.3 is 20.3 Å². The molecule has 0 atom stereocenters. The molecule has 0 saturated heterocycles. The van der Waals surface area contributed by atoms with Crippen molar-refractivity contribution in [3.8, 4) is 0 Å². The van der Waals surface area contributed by atoms with Crippen molar-refractivity contribution in [2.45, 2.75) is 39.7 Å². The van der Waals surface area contributed by atoms with Crippen LogP contribution in [0.2, 0.25) is 0 Å². The molecule has 5 nitrogen and oxygen atoms in total. The fourth-order valence-corrected chi connectivity index (χ4v) is 1.67. The van der Waals surface area contributed by atoms with Gasteiger partial charge >= 0.3 is 0 Å². The fourth-order valence-electron chi connectivity index (χ4n) is 1.67. The molecule has 0 spiro atoms. The summed E-state index contributed by atoms with van der Waals surface area (Å²) in [4.78, 5) is 6.64. The van der Waals surface area contributed by atoms with Crippen molar-refractivity contribution in [2.75, 3.05) is 46.9 Å². The predicted molar refractivity (Wildman–Crippen MR) is 98.3 cm³/mol. The number of ether oxygens (including phenoxy) is 1. The Morgan fingerprint density at radius 3 is 2.30 bits per heavy atom. The molecule has 0 aliphatic rings. The highest BCUT2D eigenvalue weighted by molar-refractivity contribution is 14.0. The molecule has 0 aromatic heterocycles. The molecular weight excluding hydrogens is 367 g/mol. The zero-order valence-electron chi connectivity index (χ0n) is 14.0. The number of methoxy groups -OCH3 is 1. The Morgan fingerprint density at radius 2 is 1.85 bits per heavy atom. The Bertz CT molecular complexity index is 260. The molecule has 122 valence electrons. The largest absolute Gasteiger partial charge is 0.377 e. The maximum atomic E-state index is 5.37. The summed E-state index contributed by atoms with van der Waals surface area (Å²) in [6, 6.07) is 0. The maximum absolute atomic E-state index is 5.37. The number of hydrogen-bond acceptors (Lipinski definition) is 3. The standard InChI is InChI=1S/C14H32N4O.HI/c1-7-10-18(8-2)11-9-16-13(15-5)17-12-14(3,4)19-6;/h7-12H2,1-6H3,(H2,15,16,17);1H. The predicted octanol–water partition coefficient (Wildman–Crippen LogP) is 1.93. The molecule has 0 amide bonds. The number of nitrogens with zero attached hydrogens (tertiary/aromatic N) is 2. The Morgan fingerprint density at radius 1 is 1.20 bits per heavy atom. The first-order chi connectivity index (χ1) is 8.99. The third-order valence-corrected chi connectivity index (χ3v) is 3.17. The lowest BCUT2D eigenvalue weighted by Gasteiger charge is -2.25. The molecule has 0 aliphatic heterocycles. The minimum atomic E-state index is -0.185. The van der Waals surface area contributed by atoms with E-state index in [1.165, 1.54) is 6.42 Å². The summed E-state index contributed by atoms with van der Waals surface area (Å²) in [5.41, 5.74) is -0.185. The highest BCUT2D eigenvalue weighted by atomic mass is 127. The highest BCUT2D eigenvalue weighted by Crippen LogP contribution is 2.04. The number of aliphatic imine (C=N–C) groups is 1. The average molecular weight is 400 g/mol. The van der Waals surface area contributed by atoms with Crippen LogP contribution in [-0.2, 0) is 4.74 Å². The number of nitrogens with one attached hydrogen (secondary N) is 2. The third kappa shape index (κ3) is 10.7. The molecule has 0 aromatic carbocycles. The summed E-state index contributed by atoms with van der Waals surface area (Å²) in [5.74, 6) is 0.831. The van der Waals surface area contributed by atoms with E-state index in [0.717, 1.165) is 38.7 Å². The Kier molecular flexibility index (Phi) is 14.0. The summed E-state index contributed by atoms with van der Waals surface area (Å²) in [6.07, 6.45) is 1.20. The van der Waals surface area contributed by atoms with E-state index in [9.17, 15) is 0 Å². The van der Waals surface area contributed by atoms with Crippen molar-refractivity contribution in [2.24, 2.45) is 4.99 Å². The van der Waals surface area contributed by atoms with Gasteiger partial charge in [-0.25, -0.2) is 0 Å². The van der Waals surface area contributed by atoms with Crippen LogP contribution in [0.3, 0.4) is 0 Å². The first-order valence-corrected chi connectivity index (χ1v) is 7.21. The van der Waals surface area contributed by atoms with Crippen molar-refractivity contribution < 1.29 is 4.74 Å². The zero-order valence-corrected chi connectivity index (χ0v) is 16.3. The lowest BCUT2D eigenvalue weighted by atomic mass is 10.1. The SMILES string of the molecule is CCCN(CC)CCNC(=NC)NCC(C)(C)OC.I. The summed E-state index contributed by atoms with van der Waals surface area (Å²) in [6.45, 7) is 13.4. The minimum Gasteiger partial charge on any atom is -0.377 e. The van der Waals surface area contributed by atoms with Gasteiger partial charge in [0.2, 0.25) is 0 Å². The number of hydrogen-bond donors (Lipinski definition) is 2. The van der Waals surface area contributed by atoms with Crippen LogP contribution in [0.1, 0.15) is 34.1 Å². The monoisotopic (exact) mass is 400 g/mol. The van der Waals surface area contributed by atoms with Crippen LogP contribution in [-0.4, -0.2) is 63.3 Å². The number of likely N-dealkylation sites (N-methyl/N-ethyl adjacent to an activating group) is 1. The van der Waals surface area contributed by atoms with Gasteiger partial charge in [-0.15, -0.1) is 24.0 Å². The molecule has 0 bridgehead atoms.